The summed E-state index contributed by atoms with van der Waals surface area (Å²) in [7, 11) is 0. The van der Waals surface area contributed by atoms with E-state index in [2.05, 4.69) is 20.8 Å². The maximum Gasteiger partial charge on any atom is 0.315 e. The number of amides is 2. The first-order chi connectivity index (χ1) is 9.03. The zero-order valence-electron chi connectivity index (χ0n) is 11.3. The van der Waals surface area contributed by atoms with Crippen molar-refractivity contribution in [3.63, 3.8) is 0 Å². The quantitative estimate of drug-likeness (QED) is 0.747. The second-order valence-corrected chi connectivity index (χ2v) is 5.31. The van der Waals surface area contributed by atoms with Gasteiger partial charge in [-0.1, -0.05) is 18.5 Å². The maximum atomic E-state index is 11.8. The molecule has 3 N–H and O–H groups in total. The molecule has 2 rings (SSSR count). The molecule has 19 heavy (non-hydrogen) atoms. The molecule has 2 atom stereocenters. The molecule has 1 aliphatic carbocycles. The second kappa shape index (κ2) is 5.56. The molecule has 0 radical (unpaired) electrons. The van der Waals surface area contributed by atoms with E-state index in [1.165, 1.54) is 0 Å². The summed E-state index contributed by atoms with van der Waals surface area (Å²) < 4.78 is 4.81. The Kier molecular flexibility index (Phi) is 4.04. The second-order valence-electron chi connectivity index (χ2n) is 5.31. The largest absolute Gasteiger partial charge is 0.396 e. The number of aliphatic hydroxyl groups is 1. The van der Waals surface area contributed by atoms with Crippen LogP contribution in [-0.2, 0) is 6.54 Å². The Morgan fingerprint density at radius 3 is 3.05 bits per heavy atom. The van der Waals surface area contributed by atoms with Crippen molar-refractivity contribution in [1.29, 1.82) is 0 Å². The Hall–Kier alpha value is -1.63. The number of carbonyl (C=O) groups is 1. The van der Waals surface area contributed by atoms with Gasteiger partial charge in [0.1, 0.15) is 0 Å². The lowest BCUT2D eigenvalue weighted by atomic mass is 9.86. The minimum Gasteiger partial charge on any atom is -0.396 e. The third-order valence-electron chi connectivity index (χ3n) is 3.73. The van der Waals surface area contributed by atoms with E-state index in [-0.39, 0.29) is 30.6 Å². The predicted octanol–water partition coefficient (Wildman–Crippen LogP) is 0.728. The highest BCUT2D eigenvalue weighted by molar-refractivity contribution is 5.74. The van der Waals surface area contributed by atoms with E-state index >= 15 is 0 Å². The van der Waals surface area contributed by atoms with E-state index in [9.17, 15) is 9.90 Å². The summed E-state index contributed by atoms with van der Waals surface area (Å²) >= 11 is 0. The number of aliphatic hydroxyl groups excluding tert-OH is 1. The number of hydrogen-bond donors (Lipinski definition) is 3. The Bertz CT molecular complexity index is 448. The number of carbonyl (C=O) groups excluding carboxylic acids is 1. The van der Waals surface area contributed by atoms with Crippen molar-refractivity contribution in [2.75, 3.05) is 6.61 Å². The number of aromatic nitrogens is 2. The van der Waals surface area contributed by atoms with Gasteiger partial charge in [-0.2, -0.15) is 4.98 Å². The highest BCUT2D eigenvalue weighted by atomic mass is 16.5. The first kappa shape index (κ1) is 13.8. The third kappa shape index (κ3) is 3.23. The average Bonchev–Trinajstić information content (AvgIpc) is 2.95. The SMILES string of the molecule is Cc1nc(CNC(=O)NC2CCCC2(C)CO)no1. The highest BCUT2D eigenvalue weighted by Crippen LogP contribution is 2.37. The minimum absolute atomic E-state index is 0.00417. The summed E-state index contributed by atoms with van der Waals surface area (Å²) in [5.74, 6) is 0.921. The van der Waals surface area contributed by atoms with Crippen LogP contribution in [0.15, 0.2) is 4.52 Å². The van der Waals surface area contributed by atoms with Crippen LogP contribution in [0.1, 0.15) is 37.9 Å². The molecule has 2 amide bonds. The van der Waals surface area contributed by atoms with Gasteiger partial charge >= 0.3 is 6.03 Å². The molecular formula is C12H20N4O3. The number of hydrogen-bond acceptors (Lipinski definition) is 5. The average molecular weight is 268 g/mol. The van der Waals surface area contributed by atoms with Crippen LogP contribution in [-0.4, -0.2) is 33.9 Å². The molecule has 2 unspecified atom stereocenters. The zero-order chi connectivity index (χ0) is 13.9. The molecule has 0 bridgehead atoms. The fourth-order valence-corrected chi connectivity index (χ4v) is 2.45. The van der Waals surface area contributed by atoms with Gasteiger partial charge in [0.15, 0.2) is 5.82 Å². The minimum atomic E-state index is -0.269. The summed E-state index contributed by atoms with van der Waals surface area (Å²) in [5.41, 5.74) is -0.222. The van der Waals surface area contributed by atoms with E-state index in [4.69, 9.17) is 4.52 Å². The van der Waals surface area contributed by atoms with Gasteiger partial charge < -0.3 is 20.3 Å². The van der Waals surface area contributed by atoms with Gasteiger partial charge in [-0.3, -0.25) is 0 Å². The smallest absolute Gasteiger partial charge is 0.315 e. The van der Waals surface area contributed by atoms with E-state index in [1.807, 2.05) is 6.92 Å². The maximum absolute atomic E-state index is 11.8. The van der Waals surface area contributed by atoms with Crippen molar-refractivity contribution in [2.45, 2.75) is 45.7 Å². The van der Waals surface area contributed by atoms with Gasteiger partial charge in [-0.25, -0.2) is 4.79 Å². The summed E-state index contributed by atoms with van der Waals surface area (Å²) in [6.45, 7) is 4.00. The Morgan fingerprint density at radius 1 is 1.63 bits per heavy atom. The van der Waals surface area contributed by atoms with Crippen LogP contribution >= 0.6 is 0 Å². The molecule has 7 heteroatoms. The van der Waals surface area contributed by atoms with Gasteiger partial charge in [-0.05, 0) is 12.8 Å². The molecule has 1 fully saturated rings. The molecule has 0 saturated heterocycles. The molecule has 1 aromatic rings. The molecule has 1 saturated carbocycles. The number of nitrogens with one attached hydrogen (secondary N) is 2. The number of rotatable bonds is 4. The predicted molar refractivity (Wildman–Crippen MR) is 67.2 cm³/mol. The van der Waals surface area contributed by atoms with Crippen LogP contribution in [0.3, 0.4) is 0 Å². The fourth-order valence-electron chi connectivity index (χ4n) is 2.45. The number of urea groups is 1. The van der Waals surface area contributed by atoms with E-state index in [1.54, 1.807) is 6.92 Å². The van der Waals surface area contributed by atoms with Crippen LogP contribution < -0.4 is 10.6 Å². The van der Waals surface area contributed by atoms with Crippen molar-refractivity contribution in [3.8, 4) is 0 Å². The zero-order valence-corrected chi connectivity index (χ0v) is 11.3. The topological polar surface area (TPSA) is 100 Å². The van der Waals surface area contributed by atoms with E-state index in [0.717, 1.165) is 19.3 Å². The van der Waals surface area contributed by atoms with Crippen LogP contribution in [0.2, 0.25) is 0 Å². The summed E-state index contributed by atoms with van der Waals surface area (Å²) in [6.07, 6.45) is 2.84. The molecule has 106 valence electrons. The molecule has 0 spiro atoms. The van der Waals surface area contributed by atoms with Gasteiger partial charge in [0.2, 0.25) is 5.89 Å². The van der Waals surface area contributed by atoms with Crippen molar-refractivity contribution in [3.05, 3.63) is 11.7 Å². The fraction of sp³-hybridized carbons (Fsp3) is 0.750. The highest BCUT2D eigenvalue weighted by Gasteiger charge is 2.39. The Labute approximate surface area is 111 Å². The molecule has 0 aliphatic heterocycles. The Morgan fingerprint density at radius 2 is 2.42 bits per heavy atom. The standard InChI is InChI=1S/C12H20N4O3/c1-8-14-10(16-19-8)6-13-11(18)15-9-4-3-5-12(9,2)7-17/h9,17H,3-7H2,1-2H3,(H2,13,15,18). The molecule has 0 aromatic carbocycles. The number of nitrogens with zero attached hydrogens (tertiary/aromatic N) is 2. The van der Waals surface area contributed by atoms with Crippen LogP contribution in [0.4, 0.5) is 4.79 Å². The third-order valence-corrected chi connectivity index (χ3v) is 3.73. The molecule has 1 heterocycles. The molecular weight excluding hydrogens is 248 g/mol. The van der Waals surface area contributed by atoms with Crippen LogP contribution in [0, 0.1) is 12.3 Å². The van der Waals surface area contributed by atoms with E-state index < -0.39 is 0 Å². The lowest BCUT2D eigenvalue weighted by Gasteiger charge is -2.29. The lowest BCUT2D eigenvalue weighted by Crippen LogP contribution is -2.48. The van der Waals surface area contributed by atoms with Crippen molar-refractivity contribution in [1.82, 2.24) is 20.8 Å². The van der Waals surface area contributed by atoms with Crippen molar-refractivity contribution < 1.29 is 14.4 Å². The molecule has 1 aliphatic rings. The molecule has 7 nitrogen and oxygen atoms in total. The normalized spacial score (nSPS) is 26.4. The lowest BCUT2D eigenvalue weighted by molar-refractivity contribution is 0.121. The van der Waals surface area contributed by atoms with Crippen molar-refractivity contribution in [2.24, 2.45) is 5.41 Å². The van der Waals surface area contributed by atoms with Gasteiger partial charge in [0.25, 0.3) is 0 Å². The monoisotopic (exact) mass is 268 g/mol. The van der Waals surface area contributed by atoms with Gasteiger partial charge in [0.05, 0.1) is 13.2 Å². The first-order valence-corrected chi connectivity index (χ1v) is 6.48. The molecule has 1 aromatic heterocycles. The first-order valence-electron chi connectivity index (χ1n) is 6.48. The van der Waals surface area contributed by atoms with Gasteiger partial charge in [0, 0.05) is 18.4 Å². The van der Waals surface area contributed by atoms with Gasteiger partial charge in [-0.15, -0.1) is 0 Å². The van der Waals surface area contributed by atoms with Crippen LogP contribution in [0.25, 0.3) is 0 Å². The summed E-state index contributed by atoms with van der Waals surface area (Å²) in [5, 5.41) is 18.7. The van der Waals surface area contributed by atoms with Crippen LogP contribution in [0.5, 0.6) is 0 Å². The van der Waals surface area contributed by atoms with E-state index in [0.29, 0.717) is 11.7 Å². The summed E-state index contributed by atoms with van der Waals surface area (Å²) in [6, 6.07) is -0.265. The number of aryl methyl sites for hydroxylation is 1. The Balaban J connectivity index is 1.81. The van der Waals surface area contributed by atoms with Crippen molar-refractivity contribution >= 4 is 6.03 Å². The summed E-state index contributed by atoms with van der Waals surface area (Å²) in [4.78, 5) is 15.8.